The van der Waals surface area contributed by atoms with Crippen molar-refractivity contribution in [3.05, 3.63) is 23.8 Å². The fourth-order valence-electron chi connectivity index (χ4n) is 5.91. The first-order chi connectivity index (χ1) is 22.5. The molecule has 3 heterocycles. The Kier molecular flexibility index (Phi) is 9.61. The fourth-order valence-corrected chi connectivity index (χ4v) is 7.94. The highest BCUT2D eigenvalue weighted by atomic mass is 32.2. The molecule has 1 aromatic rings. The van der Waals surface area contributed by atoms with Crippen molar-refractivity contribution in [1.82, 2.24) is 30.5 Å². The van der Waals surface area contributed by atoms with Gasteiger partial charge in [0, 0.05) is 26.9 Å². The number of aliphatic carboxylic acids is 1. The summed E-state index contributed by atoms with van der Waals surface area (Å²) < 4.78 is 21.9. The van der Waals surface area contributed by atoms with E-state index in [-0.39, 0.29) is 43.8 Å². The van der Waals surface area contributed by atoms with Crippen molar-refractivity contribution in [2.45, 2.75) is 62.5 Å². The smallest absolute Gasteiger partial charge is 0.352 e. The zero-order valence-electron chi connectivity index (χ0n) is 26.3. The summed E-state index contributed by atoms with van der Waals surface area (Å²) >= 11 is 0. The maximum Gasteiger partial charge on any atom is 0.352 e. The van der Waals surface area contributed by atoms with Crippen LogP contribution in [0.5, 0.6) is 11.5 Å². The van der Waals surface area contributed by atoms with Gasteiger partial charge in [-0.15, -0.1) is 0 Å². The largest absolute Gasteiger partial charge is 0.478 e. The molecule has 20 heteroatoms. The fraction of sp³-hybridized carbons (Fsp3) is 0.464. The summed E-state index contributed by atoms with van der Waals surface area (Å²) in [5.41, 5.74) is -2.98. The van der Waals surface area contributed by atoms with E-state index in [1.54, 1.807) is 6.92 Å². The highest BCUT2D eigenvalue weighted by molar-refractivity contribution is 7.87. The molecular weight excluding hydrogens is 660 g/mol. The van der Waals surface area contributed by atoms with Crippen LogP contribution in [0.4, 0.5) is 0 Å². The summed E-state index contributed by atoms with van der Waals surface area (Å²) in [5, 5.41) is 14.9. The molecule has 258 valence electrons. The average Bonchev–Trinajstić information content (AvgIpc) is 3.16. The SMILES string of the molecule is CCN1CCN(N(C=O)C(C(=O)N[C@@]2(C(=O)O)N3C(=O)[C@H](NC=O)[C@H]3S(=O)C2(C)C)c2ccc(OC(C)=O)c(OC(C)=O)c2)C(=O)C1=O. The molecule has 3 aliphatic heterocycles. The molecule has 48 heavy (non-hydrogen) atoms. The summed E-state index contributed by atoms with van der Waals surface area (Å²) in [4.78, 5) is 116. The highest BCUT2D eigenvalue weighted by Gasteiger charge is 2.77. The molecule has 3 aliphatic rings. The molecular formula is C28H32N6O13S. The second kappa shape index (κ2) is 13.0. The molecule has 19 nitrogen and oxygen atoms in total. The van der Waals surface area contributed by atoms with Crippen molar-refractivity contribution in [3.63, 3.8) is 0 Å². The van der Waals surface area contributed by atoms with E-state index in [0.29, 0.717) is 14.9 Å². The number of carboxylic acids is 1. The summed E-state index contributed by atoms with van der Waals surface area (Å²) in [5.74, 6) is -8.73. The Bertz CT molecular complexity index is 1650. The van der Waals surface area contributed by atoms with Crippen molar-refractivity contribution in [3.8, 4) is 11.5 Å². The van der Waals surface area contributed by atoms with Crippen LogP contribution in [-0.4, -0.2) is 125 Å². The third-order valence-electron chi connectivity index (χ3n) is 8.22. The predicted octanol–water partition coefficient (Wildman–Crippen LogP) is -2.64. The highest BCUT2D eigenvalue weighted by Crippen LogP contribution is 2.49. The van der Waals surface area contributed by atoms with Crippen molar-refractivity contribution in [1.29, 1.82) is 0 Å². The first kappa shape index (κ1) is 35.5. The number of β-lactam (4-membered cyclic amide) rings is 1. The summed E-state index contributed by atoms with van der Waals surface area (Å²) in [6, 6.07) is -0.114. The zero-order chi connectivity index (χ0) is 35.9. The number of nitrogens with one attached hydrogen (secondary N) is 2. The van der Waals surface area contributed by atoms with E-state index in [1.165, 1.54) is 18.7 Å². The molecule has 0 aromatic heterocycles. The van der Waals surface area contributed by atoms with Crippen molar-refractivity contribution >= 4 is 65.2 Å². The molecule has 3 fully saturated rings. The molecule has 4 rings (SSSR count). The molecule has 3 saturated heterocycles. The van der Waals surface area contributed by atoms with E-state index in [9.17, 15) is 52.5 Å². The number of esters is 2. The van der Waals surface area contributed by atoms with Crippen LogP contribution in [0.15, 0.2) is 18.2 Å². The number of amides is 6. The predicted molar refractivity (Wildman–Crippen MR) is 158 cm³/mol. The van der Waals surface area contributed by atoms with E-state index < -0.39 is 86.0 Å². The van der Waals surface area contributed by atoms with Gasteiger partial charge < -0.3 is 30.1 Å². The number of carbonyl (C=O) groups is 9. The maximum atomic E-state index is 14.4. The van der Waals surface area contributed by atoms with E-state index >= 15 is 0 Å². The first-order valence-electron chi connectivity index (χ1n) is 14.3. The number of hydrazine groups is 1. The van der Waals surface area contributed by atoms with Crippen LogP contribution in [0.1, 0.15) is 46.2 Å². The van der Waals surface area contributed by atoms with Gasteiger partial charge in [0.2, 0.25) is 18.5 Å². The quantitative estimate of drug-likeness (QED) is 0.0668. The lowest BCUT2D eigenvalue weighted by atomic mass is 9.88. The van der Waals surface area contributed by atoms with Gasteiger partial charge in [0.1, 0.15) is 11.4 Å². The van der Waals surface area contributed by atoms with Crippen molar-refractivity contribution < 1.29 is 61.9 Å². The van der Waals surface area contributed by atoms with Gasteiger partial charge in [-0.2, -0.15) is 0 Å². The monoisotopic (exact) mass is 692 g/mol. The number of likely N-dealkylation sites (N-methyl/N-ethyl adjacent to an activating group) is 1. The molecule has 0 bridgehead atoms. The molecule has 0 spiro atoms. The normalized spacial score (nSPS) is 24.9. The van der Waals surface area contributed by atoms with Crippen LogP contribution in [0, 0.1) is 0 Å². The number of ether oxygens (including phenoxy) is 2. The number of carboxylic acid groups (broad SMARTS) is 1. The minimum absolute atomic E-state index is 0.0372. The summed E-state index contributed by atoms with van der Waals surface area (Å²) in [6.07, 6.45) is 0.216. The number of hydrogen-bond acceptors (Lipinski definition) is 12. The Hall–Kier alpha value is -5.40. The number of rotatable bonds is 12. The van der Waals surface area contributed by atoms with E-state index in [0.717, 1.165) is 32.0 Å². The van der Waals surface area contributed by atoms with E-state index in [2.05, 4.69) is 10.6 Å². The van der Waals surface area contributed by atoms with Gasteiger partial charge in [-0.3, -0.25) is 47.5 Å². The summed E-state index contributed by atoms with van der Waals surface area (Å²) in [6.45, 7) is 5.96. The Morgan fingerprint density at radius 3 is 2.23 bits per heavy atom. The molecule has 0 aliphatic carbocycles. The van der Waals surface area contributed by atoms with Crippen LogP contribution < -0.4 is 20.1 Å². The average molecular weight is 693 g/mol. The van der Waals surface area contributed by atoms with E-state index in [4.69, 9.17) is 9.47 Å². The summed E-state index contributed by atoms with van der Waals surface area (Å²) in [7, 11) is -2.20. The zero-order valence-corrected chi connectivity index (χ0v) is 27.1. The Balaban J connectivity index is 1.89. The molecule has 6 amide bonds. The van der Waals surface area contributed by atoms with Gasteiger partial charge in [-0.25, -0.2) is 14.8 Å². The molecule has 0 saturated carbocycles. The van der Waals surface area contributed by atoms with Crippen LogP contribution in [0.25, 0.3) is 0 Å². The van der Waals surface area contributed by atoms with Gasteiger partial charge >= 0.3 is 29.7 Å². The van der Waals surface area contributed by atoms with Gasteiger partial charge in [0.15, 0.2) is 17.5 Å². The number of carbonyl (C=O) groups excluding carboxylic acids is 8. The number of fused-ring (bicyclic) bond motifs is 1. The molecule has 2 unspecified atom stereocenters. The van der Waals surface area contributed by atoms with Crippen LogP contribution in [0.2, 0.25) is 0 Å². The minimum atomic E-state index is -2.73. The molecule has 5 atom stereocenters. The van der Waals surface area contributed by atoms with Gasteiger partial charge in [0.25, 0.3) is 11.8 Å². The van der Waals surface area contributed by atoms with Crippen LogP contribution >= 0.6 is 0 Å². The number of hydrogen-bond donors (Lipinski definition) is 3. The lowest BCUT2D eigenvalue weighted by molar-refractivity contribution is -0.181. The third kappa shape index (κ3) is 5.50. The molecule has 0 radical (unpaired) electrons. The molecule has 1 aromatic carbocycles. The van der Waals surface area contributed by atoms with Gasteiger partial charge in [0.05, 0.1) is 22.1 Å². The topological polar surface area (TPSA) is 246 Å². The van der Waals surface area contributed by atoms with Crippen molar-refractivity contribution in [2.24, 2.45) is 0 Å². The Morgan fingerprint density at radius 1 is 1.06 bits per heavy atom. The standard InChI is InChI=1S/C28H32N6O13S/c1-6-31-9-10-32(24(42)23(31)41)33(13-36)20(16-7-8-17(46-14(2)37)18(11-16)47-15(3)38)21(39)30-28(26(43)44)27(4,5)48(45)25-19(29-12-35)22(40)34(25)28/h7-8,11-13,19-20,25H,6,9-10H2,1-5H3,(H,29,35)(H,30,39)(H,43,44)/t19-,20?,25+,28-,48?/m0/s1. The number of benzene rings is 1. The van der Waals surface area contributed by atoms with E-state index in [1.807, 2.05) is 0 Å². The van der Waals surface area contributed by atoms with Crippen LogP contribution in [-0.2, 0) is 54.0 Å². The first-order valence-corrected chi connectivity index (χ1v) is 15.5. The lowest BCUT2D eigenvalue weighted by Crippen LogP contribution is -2.80. The Labute approximate surface area is 274 Å². The van der Waals surface area contributed by atoms with Gasteiger partial charge in [-0.05, 0) is 38.5 Å². The minimum Gasteiger partial charge on any atom is -0.478 e. The van der Waals surface area contributed by atoms with Crippen LogP contribution in [0.3, 0.4) is 0 Å². The third-order valence-corrected chi connectivity index (χ3v) is 10.4. The van der Waals surface area contributed by atoms with Gasteiger partial charge in [-0.1, -0.05) is 6.07 Å². The lowest BCUT2D eigenvalue weighted by Gasteiger charge is -2.49. The second-order valence-electron chi connectivity index (χ2n) is 11.3. The number of nitrogens with zero attached hydrogens (tertiary/aromatic N) is 4. The second-order valence-corrected chi connectivity index (χ2v) is 13.4. The maximum absolute atomic E-state index is 14.4. The van der Waals surface area contributed by atoms with Crippen molar-refractivity contribution in [2.75, 3.05) is 19.6 Å². The molecule has 3 N–H and O–H groups in total. The number of piperazine rings is 1. The Morgan fingerprint density at radius 2 is 1.69 bits per heavy atom.